The number of cyclic esters (lactones) is 1. The first kappa shape index (κ1) is 21.6. The molecule has 0 bridgehead atoms. The Kier molecular flexibility index (Phi) is 5.98. The van der Waals surface area contributed by atoms with Crippen molar-refractivity contribution in [1.29, 1.82) is 0 Å². The summed E-state index contributed by atoms with van der Waals surface area (Å²) in [5.74, 6) is 1.36. The maximum atomic E-state index is 13.4. The van der Waals surface area contributed by atoms with E-state index in [1.165, 1.54) is 12.1 Å². The molecule has 1 N–H and O–H groups in total. The first-order valence-corrected chi connectivity index (χ1v) is 10.5. The summed E-state index contributed by atoms with van der Waals surface area (Å²) >= 11 is 0. The quantitative estimate of drug-likeness (QED) is 0.606. The molecule has 3 heterocycles. The number of ether oxygens (including phenoxy) is 1. The van der Waals surface area contributed by atoms with Crippen LogP contribution in [0.25, 0.3) is 11.1 Å². The molecule has 1 fully saturated rings. The molecule has 0 radical (unpaired) electrons. The Morgan fingerprint density at radius 3 is 2.59 bits per heavy atom. The molecule has 9 heteroatoms. The summed E-state index contributed by atoms with van der Waals surface area (Å²) in [7, 11) is 0. The lowest BCUT2D eigenvalue weighted by Gasteiger charge is -2.23. The Bertz CT molecular complexity index is 1120. The normalized spacial score (nSPS) is 16.9. The fourth-order valence-corrected chi connectivity index (χ4v) is 3.65. The average Bonchev–Trinajstić information content (AvgIpc) is 3.16. The minimum Gasteiger partial charge on any atom is -0.447 e. The van der Waals surface area contributed by atoms with Crippen molar-refractivity contribution >= 4 is 17.9 Å². The van der Waals surface area contributed by atoms with Gasteiger partial charge in [-0.25, -0.2) is 24.1 Å². The van der Waals surface area contributed by atoms with Crippen LogP contribution < -0.4 is 10.2 Å². The van der Waals surface area contributed by atoms with Crippen LogP contribution in [0, 0.1) is 18.7 Å². The van der Waals surface area contributed by atoms with Crippen molar-refractivity contribution in [2.75, 3.05) is 16.8 Å². The van der Waals surface area contributed by atoms with Crippen LogP contribution in [0.15, 0.2) is 42.9 Å². The van der Waals surface area contributed by atoms with Gasteiger partial charge in [0.2, 0.25) is 5.95 Å². The third-order valence-electron chi connectivity index (χ3n) is 5.47. The number of nitrogens with one attached hydrogen (secondary N) is 1. The van der Waals surface area contributed by atoms with Gasteiger partial charge in [-0.05, 0) is 49.1 Å². The largest absolute Gasteiger partial charge is 0.447 e. The maximum absolute atomic E-state index is 13.4. The van der Waals surface area contributed by atoms with Crippen LogP contribution >= 0.6 is 0 Å². The van der Waals surface area contributed by atoms with Crippen molar-refractivity contribution in [3.8, 4) is 11.1 Å². The molecule has 1 saturated heterocycles. The zero-order chi connectivity index (χ0) is 22.8. The molecule has 2 atom stereocenters. The van der Waals surface area contributed by atoms with E-state index in [1.54, 1.807) is 35.6 Å². The fraction of sp³-hybridized carbons (Fsp3) is 0.348. The molecule has 2 aromatic heterocycles. The van der Waals surface area contributed by atoms with Gasteiger partial charge in [0.1, 0.15) is 24.1 Å². The molecule has 1 aliphatic heterocycles. The highest BCUT2D eigenvalue weighted by atomic mass is 19.1. The number of hydrogen-bond acceptors (Lipinski definition) is 7. The summed E-state index contributed by atoms with van der Waals surface area (Å²) in [6.45, 7) is 8.16. The second-order valence-corrected chi connectivity index (χ2v) is 8.15. The van der Waals surface area contributed by atoms with Crippen molar-refractivity contribution < 1.29 is 13.9 Å². The standard InChI is InChI=1S/C23H25FN6O2/c1-13(2)19-12-32-23(31)30(19)20-7-8-25-22(29-20)28-15(4)21-26-10-16(11-27-21)18-6-5-17(24)9-14(18)3/h5-11,13,15,19H,12H2,1-4H3,(H,25,28,29)/t15-,19?/m0/s1. The summed E-state index contributed by atoms with van der Waals surface area (Å²) in [5, 5.41) is 3.18. The van der Waals surface area contributed by atoms with E-state index in [0.29, 0.717) is 24.2 Å². The zero-order valence-corrected chi connectivity index (χ0v) is 18.4. The highest BCUT2D eigenvalue weighted by Crippen LogP contribution is 2.27. The van der Waals surface area contributed by atoms with Crippen molar-refractivity contribution in [1.82, 2.24) is 19.9 Å². The van der Waals surface area contributed by atoms with Crippen LogP contribution in [0.3, 0.4) is 0 Å². The minimum atomic E-state index is -0.406. The van der Waals surface area contributed by atoms with Crippen molar-refractivity contribution in [2.24, 2.45) is 5.92 Å². The topological polar surface area (TPSA) is 93.1 Å². The summed E-state index contributed by atoms with van der Waals surface area (Å²) in [6.07, 6.45) is 4.62. The number of halogens is 1. The molecule has 1 unspecified atom stereocenters. The minimum absolute atomic E-state index is 0.0755. The molecule has 0 spiro atoms. The zero-order valence-electron chi connectivity index (χ0n) is 18.4. The summed E-state index contributed by atoms with van der Waals surface area (Å²) < 4.78 is 18.6. The van der Waals surface area contributed by atoms with E-state index in [0.717, 1.165) is 16.7 Å². The van der Waals surface area contributed by atoms with Gasteiger partial charge in [0, 0.05) is 24.2 Å². The smallest absolute Gasteiger partial charge is 0.415 e. The van der Waals surface area contributed by atoms with Crippen LogP contribution in [0.4, 0.5) is 21.0 Å². The maximum Gasteiger partial charge on any atom is 0.415 e. The summed E-state index contributed by atoms with van der Waals surface area (Å²) in [6, 6.07) is 5.96. The molecule has 8 nitrogen and oxygen atoms in total. The van der Waals surface area contributed by atoms with E-state index in [-0.39, 0.29) is 23.8 Å². The molecule has 0 saturated carbocycles. The van der Waals surface area contributed by atoms with Gasteiger partial charge in [-0.15, -0.1) is 0 Å². The number of nitrogens with zero attached hydrogens (tertiary/aromatic N) is 5. The number of rotatable bonds is 6. The van der Waals surface area contributed by atoms with E-state index >= 15 is 0 Å². The average molecular weight is 436 g/mol. The van der Waals surface area contributed by atoms with Crippen LogP contribution in [-0.4, -0.2) is 38.7 Å². The van der Waals surface area contributed by atoms with E-state index in [4.69, 9.17) is 4.74 Å². The molecule has 0 aliphatic carbocycles. The van der Waals surface area contributed by atoms with Gasteiger partial charge in [-0.3, -0.25) is 4.90 Å². The Hall–Kier alpha value is -3.62. The van der Waals surface area contributed by atoms with Crippen molar-refractivity contribution in [3.05, 3.63) is 60.1 Å². The van der Waals surface area contributed by atoms with Crippen LogP contribution in [0.5, 0.6) is 0 Å². The molecule has 1 aliphatic rings. The van der Waals surface area contributed by atoms with E-state index in [2.05, 4.69) is 25.3 Å². The van der Waals surface area contributed by atoms with Gasteiger partial charge in [-0.1, -0.05) is 19.9 Å². The number of aryl methyl sites for hydroxylation is 1. The molecule has 32 heavy (non-hydrogen) atoms. The lowest BCUT2D eigenvalue weighted by Crippen LogP contribution is -2.37. The van der Waals surface area contributed by atoms with Gasteiger partial charge in [0.25, 0.3) is 0 Å². The molecular formula is C23H25FN6O2. The number of anilines is 2. The Morgan fingerprint density at radius 2 is 1.91 bits per heavy atom. The first-order valence-electron chi connectivity index (χ1n) is 10.5. The van der Waals surface area contributed by atoms with Gasteiger partial charge < -0.3 is 10.1 Å². The predicted molar refractivity (Wildman–Crippen MR) is 119 cm³/mol. The Balaban J connectivity index is 1.50. The molecule has 3 aromatic rings. The second-order valence-electron chi connectivity index (χ2n) is 8.15. The van der Waals surface area contributed by atoms with Crippen LogP contribution in [0.2, 0.25) is 0 Å². The van der Waals surface area contributed by atoms with Crippen LogP contribution in [-0.2, 0) is 4.74 Å². The van der Waals surface area contributed by atoms with Crippen molar-refractivity contribution in [3.63, 3.8) is 0 Å². The highest BCUT2D eigenvalue weighted by molar-refractivity contribution is 5.89. The monoisotopic (exact) mass is 436 g/mol. The van der Waals surface area contributed by atoms with Gasteiger partial charge >= 0.3 is 6.09 Å². The second kappa shape index (κ2) is 8.86. The molecule has 1 aromatic carbocycles. The lowest BCUT2D eigenvalue weighted by atomic mass is 10.0. The Labute approximate surface area is 185 Å². The summed E-state index contributed by atoms with van der Waals surface area (Å²) in [4.78, 5) is 31.5. The number of carbonyl (C=O) groups excluding carboxylic acids is 1. The number of carbonyl (C=O) groups is 1. The Morgan fingerprint density at radius 1 is 1.16 bits per heavy atom. The number of amides is 1. The first-order chi connectivity index (χ1) is 15.3. The van der Waals surface area contributed by atoms with Gasteiger partial charge in [0.05, 0.1) is 12.1 Å². The molecule has 1 amide bonds. The molecule has 4 rings (SSSR count). The fourth-order valence-electron chi connectivity index (χ4n) is 3.65. The lowest BCUT2D eigenvalue weighted by molar-refractivity contribution is 0.177. The van der Waals surface area contributed by atoms with Crippen LogP contribution in [0.1, 0.15) is 38.2 Å². The number of hydrogen-bond donors (Lipinski definition) is 1. The van der Waals surface area contributed by atoms with E-state index in [9.17, 15) is 9.18 Å². The van der Waals surface area contributed by atoms with Gasteiger partial charge in [-0.2, -0.15) is 4.98 Å². The third-order valence-corrected chi connectivity index (χ3v) is 5.47. The third kappa shape index (κ3) is 4.37. The number of benzene rings is 1. The SMILES string of the molecule is Cc1cc(F)ccc1-c1cnc([C@H](C)Nc2nccc(N3C(=O)OCC3C(C)C)n2)nc1. The predicted octanol–water partition coefficient (Wildman–Crippen LogP) is 4.54. The molecular weight excluding hydrogens is 411 g/mol. The molecule has 166 valence electrons. The summed E-state index contributed by atoms with van der Waals surface area (Å²) in [5.41, 5.74) is 2.51. The van der Waals surface area contributed by atoms with E-state index < -0.39 is 6.09 Å². The highest BCUT2D eigenvalue weighted by Gasteiger charge is 2.37. The number of aromatic nitrogens is 4. The van der Waals surface area contributed by atoms with Gasteiger partial charge in [0.15, 0.2) is 0 Å². The van der Waals surface area contributed by atoms with E-state index in [1.807, 2.05) is 27.7 Å². The van der Waals surface area contributed by atoms with Crippen molar-refractivity contribution in [2.45, 2.75) is 39.8 Å².